The number of hydrogen-bond donors (Lipinski definition) is 1. The molecule has 9 heteroatoms. The molecule has 1 heterocycles. The minimum Gasteiger partial charge on any atom is -0.468 e. The summed E-state index contributed by atoms with van der Waals surface area (Å²) in [5.41, 5.74) is 0.304. The summed E-state index contributed by atoms with van der Waals surface area (Å²) in [7, 11) is -2.66. The fraction of sp³-hybridized carbons (Fsp3) is 0.667. The third kappa shape index (κ3) is 3.35. The molecule has 0 aromatic carbocycles. The maximum atomic E-state index is 12.8. The molecular formula is C12H18N2O5S2. The molecule has 0 spiro atoms. The van der Waals surface area contributed by atoms with Gasteiger partial charge >= 0.3 is 10.8 Å². The van der Waals surface area contributed by atoms with Gasteiger partial charge in [-0.05, 0) is 19.8 Å². The number of nitrogens with zero attached hydrogens (tertiary/aromatic N) is 1. The summed E-state index contributed by atoms with van der Waals surface area (Å²) in [6, 6.07) is -0.217. The number of nitrogens with one attached hydrogen (secondary N) is 1. The summed E-state index contributed by atoms with van der Waals surface area (Å²) < 4.78 is 31.3. The minimum atomic E-state index is -3.88. The number of thiazole rings is 1. The second-order valence-corrected chi connectivity index (χ2v) is 8.06. The number of methoxy groups -OCH3 is 1. The molecule has 2 rings (SSSR count). The summed E-state index contributed by atoms with van der Waals surface area (Å²) in [6.07, 6.45) is 3.30. The summed E-state index contributed by atoms with van der Waals surface area (Å²) in [6.45, 7) is 1.21. The Morgan fingerprint density at radius 3 is 2.52 bits per heavy atom. The summed E-state index contributed by atoms with van der Waals surface area (Å²) in [4.78, 5) is 25.0. The minimum absolute atomic E-state index is 0.0247. The number of H-pyrrole nitrogens is 1. The molecule has 0 unspecified atom stereocenters. The fourth-order valence-corrected chi connectivity index (χ4v) is 5.58. The topological polar surface area (TPSA) is 96.5 Å². The van der Waals surface area contributed by atoms with Crippen molar-refractivity contribution in [3.8, 4) is 0 Å². The molecule has 1 aromatic rings. The molecule has 0 bridgehead atoms. The zero-order valence-corrected chi connectivity index (χ0v) is 13.6. The Bertz CT molecular complexity index is 670. The van der Waals surface area contributed by atoms with E-state index in [9.17, 15) is 18.0 Å². The van der Waals surface area contributed by atoms with Gasteiger partial charge in [-0.15, -0.1) is 0 Å². The number of rotatable bonds is 5. The molecule has 1 saturated carbocycles. The van der Waals surface area contributed by atoms with Crippen molar-refractivity contribution < 1.29 is 17.9 Å². The second kappa shape index (κ2) is 6.29. The third-order valence-corrected chi connectivity index (χ3v) is 7.05. The summed E-state index contributed by atoms with van der Waals surface area (Å²) in [5.74, 6) is -0.606. The zero-order valence-electron chi connectivity index (χ0n) is 11.9. The van der Waals surface area contributed by atoms with Crippen LogP contribution in [0.15, 0.2) is 9.00 Å². The van der Waals surface area contributed by atoms with Crippen LogP contribution in [0, 0.1) is 6.92 Å². The predicted octanol–water partition coefficient (Wildman–Crippen LogP) is 0.851. The van der Waals surface area contributed by atoms with Crippen LogP contribution in [-0.2, 0) is 19.6 Å². The number of aromatic nitrogens is 1. The van der Waals surface area contributed by atoms with Crippen LogP contribution in [0.2, 0.25) is 0 Å². The van der Waals surface area contributed by atoms with Gasteiger partial charge in [0.15, 0.2) is 4.21 Å². The lowest BCUT2D eigenvalue weighted by atomic mass is 10.2. The molecule has 0 amide bonds. The highest BCUT2D eigenvalue weighted by Gasteiger charge is 2.37. The average Bonchev–Trinajstić information content (AvgIpc) is 3.05. The number of aryl methyl sites for hydroxylation is 1. The van der Waals surface area contributed by atoms with Crippen molar-refractivity contribution in [1.82, 2.24) is 9.29 Å². The lowest BCUT2D eigenvalue weighted by Gasteiger charge is -2.26. The lowest BCUT2D eigenvalue weighted by molar-refractivity contribution is -0.141. The summed E-state index contributed by atoms with van der Waals surface area (Å²) >= 11 is 0.650. The molecule has 0 aliphatic heterocycles. The standard InChI is InChI=1S/C12H18N2O5S2/c1-8-11(20-12(16)13-8)21(17,18)14(7-10(15)19-2)9-5-3-4-6-9/h9H,3-7H2,1-2H3,(H,13,16). The van der Waals surface area contributed by atoms with Crippen LogP contribution in [0.3, 0.4) is 0 Å². The van der Waals surface area contributed by atoms with Crippen molar-refractivity contribution in [2.75, 3.05) is 13.7 Å². The van der Waals surface area contributed by atoms with Crippen molar-refractivity contribution in [1.29, 1.82) is 0 Å². The molecular weight excluding hydrogens is 316 g/mol. The second-order valence-electron chi connectivity index (χ2n) is 4.99. The van der Waals surface area contributed by atoms with Gasteiger partial charge in [0.1, 0.15) is 6.54 Å². The first-order valence-corrected chi connectivity index (χ1v) is 8.90. The van der Waals surface area contributed by atoms with Crippen LogP contribution in [0.5, 0.6) is 0 Å². The Kier molecular flexibility index (Phi) is 4.84. The third-order valence-electron chi connectivity index (χ3n) is 3.57. The molecule has 1 aliphatic carbocycles. The molecule has 1 aromatic heterocycles. The first-order valence-electron chi connectivity index (χ1n) is 6.64. The molecule has 21 heavy (non-hydrogen) atoms. The molecule has 0 saturated heterocycles. The highest BCUT2D eigenvalue weighted by Crippen LogP contribution is 2.30. The van der Waals surface area contributed by atoms with Crippen LogP contribution in [0.25, 0.3) is 0 Å². The van der Waals surface area contributed by atoms with Crippen LogP contribution in [0.4, 0.5) is 0 Å². The van der Waals surface area contributed by atoms with E-state index in [2.05, 4.69) is 9.72 Å². The number of ether oxygens (including phenoxy) is 1. The van der Waals surface area contributed by atoms with Crippen LogP contribution >= 0.6 is 11.3 Å². The maximum absolute atomic E-state index is 12.8. The largest absolute Gasteiger partial charge is 0.468 e. The van der Waals surface area contributed by atoms with Gasteiger partial charge in [0.25, 0.3) is 10.0 Å². The van der Waals surface area contributed by atoms with E-state index in [-0.39, 0.29) is 16.8 Å². The van der Waals surface area contributed by atoms with Crippen molar-refractivity contribution in [2.45, 2.75) is 42.9 Å². The predicted molar refractivity (Wildman–Crippen MR) is 77.8 cm³/mol. The fourth-order valence-electron chi connectivity index (χ4n) is 2.54. The number of esters is 1. The van der Waals surface area contributed by atoms with E-state index in [1.54, 1.807) is 0 Å². The van der Waals surface area contributed by atoms with Gasteiger partial charge in [-0.2, -0.15) is 4.31 Å². The first kappa shape index (κ1) is 16.2. The van der Waals surface area contributed by atoms with Gasteiger partial charge in [0.2, 0.25) is 0 Å². The van der Waals surface area contributed by atoms with Crippen molar-refractivity contribution in [3.05, 3.63) is 15.4 Å². The van der Waals surface area contributed by atoms with E-state index in [0.29, 0.717) is 29.9 Å². The van der Waals surface area contributed by atoms with E-state index < -0.39 is 20.9 Å². The van der Waals surface area contributed by atoms with E-state index in [1.807, 2.05) is 0 Å². The molecule has 1 aliphatic rings. The molecule has 118 valence electrons. The molecule has 7 nitrogen and oxygen atoms in total. The summed E-state index contributed by atoms with van der Waals surface area (Å²) in [5, 5.41) is 0. The SMILES string of the molecule is COC(=O)CN(C1CCCC1)S(=O)(=O)c1sc(=O)[nH]c1C. The highest BCUT2D eigenvalue weighted by molar-refractivity contribution is 7.91. The van der Waals surface area contributed by atoms with Crippen molar-refractivity contribution in [2.24, 2.45) is 0 Å². The van der Waals surface area contributed by atoms with Crippen molar-refractivity contribution >= 4 is 27.3 Å². The molecule has 0 radical (unpaired) electrons. The Hall–Kier alpha value is -1.19. The van der Waals surface area contributed by atoms with Gasteiger partial charge in [0.05, 0.1) is 7.11 Å². The van der Waals surface area contributed by atoms with Crippen LogP contribution < -0.4 is 4.87 Å². The zero-order chi connectivity index (χ0) is 15.6. The number of aromatic amines is 1. The molecule has 1 N–H and O–H groups in total. The van der Waals surface area contributed by atoms with Crippen LogP contribution in [-0.4, -0.2) is 43.4 Å². The van der Waals surface area contributed by atoms with Gasteiger partial charge in [0, 0.05) is 11.7 Å². The number of hydrogen-bond acceptors (Lipinski definition) is 6. The normalized spacial score (nSPS) is 16.5. The lowest BCUT2D eigenvalue weighted by Crippen LogP contribution is -2.42. The van der Waals surface area contributed by atoms with Crippen molar-refractivity contribution in [3.63, 3.8) is 0 Å². The van der Waals surface area contributed by atoms with Crippen LogP contribution in [0.1, 0.15) is 31.4 Å². The number of carbonyl (C=O) groups excluding carboxylic acids is 1. The van der Waals surface area contributed by atoms with E-state index in [0.717, 1.165) is 12.8 Å². The van der Waals surface area contributed by atoms with Gasteiger partial charge < -0.3 is 9.72 Å². The van der Waals surface area contributed by atoms with Gasteiger partial charge in [-0.25, -0.2) is 8.42 Å². The maximum Gasteiger partial charge on any atom is 0.321 e. The Labute approximate surface area is 127 Å². The number of sulfonamides is 1. The first-order chi connectivity index (χ1) is 9.86. The smallest absolute Gasteiger partial charge is 0.321 e. The monoisotopic (exact) mass is 334 g/mol. The van der Waals surface area contributed by atoms with Gasteiger partial charge in [-0.3, -0.25) is 9.59 Å². The quantitative estimate of drug-likeness (QED) is 0.805. The van der Waals surface area contributed by atoms with E-state index in [1.165, 1.54) is 18.3 Å². The molecule has 0 atom stereocenters. The Balaban J connectivity index is 2.40. The highest BCUT2D eigenvalue weighted by atomic mass is 32.2. The van der Waals surface area contributed by atoms with E-state index in [4.69, 9.17) is 0 Å². The Morgan fingerprint density at radius 2 is 2.05 bits per heavy atom. The van der Waals surface area contributed by atoms with Gasteiger partial charge in [-0.1, -0.05) is 24.2 Å². The average molecular weight is 334 g/mol. The Morgan fingerprint density at radius 1 is 1.43 bits per heavy atom. The number of carbonyl (C=O) groups is 1. The van der Waals surface area contributed by atoms with E-state index >= 15 is 0 Å². The molecule has 1 fully saturated rings.